The van der Waals surface area contributed by atoms with Crippen LogP contribution in [0.2, 0.25) is 0 Å². The Morgan fingerprint density at radius 1 is 1.14 bits per heavy atom. The first-order chi connectivity index (χ1) is 10.3. The summed E-state index contributed by atoms with van der Waals surface area (Å²) < 4.78 is 0. The van der Waals surface area contributed by atoms with Gasteiger partial charge in [0.05, 0.1) is 16.7 Å². The summed E-state index contributed by atoms with van der Waals surface area (Å²) in [4.78, 5) is 20.3. The molecule has 4 nitrogen and oxygen atoms in total. The van der Waals surface area contributed by atoms with E-state index in [0.717, 1.165) is 49.3 Å². The van der Waals surface area contributed by atoms with Crippen molar-refractivity contribution in [2.24, 2.45) is 0 Å². The lowest BCUT2D eigenvalue weighted by Crippen LogP contribution is -2.26. The van der Waals surface area contributed by atoms with Gasteiger partial charge in [0.15, 0.2) is 0 Å². The molecule has 4 rings (SSSR count). The van der Waals surface area contributed by atoms with Crippen LogP contribution in [0.15, 0.2) is 35.1 Å². The second-order valence-corrected chi connectivity index (χ2v) is 6.07. The van der Waals surface area contributed by atoms with Gasteiger partial charge in [0.1, 0.15) is 5.82 Å². The first-order valence-corrected chi connectivity index (χ1v) is 7.68. The Morgan fingerprint density at radius 2 is 1.95 bits per heavy atom. The van der Waals surface area contributed by atoms with E-state index in [1.165, 1.54) is 5.56 Å². The third-order valence-corrected chi connectivity index (χ3v) is 4.70. The number of benzene rings is 1. The van der Waals surface area contributed by atoms with Crippen molar-refractivity contribution in [2.75, 3.05) is 6.54 Å². The van der Waals surface area contributed by atoms with Crippen molar-refractivity contribution >= 4 is 0 Å². The number of aryl methyl sites for hydroxylation is 1. The molecular formula is C17H19N3O. The van der Waals surface area contributed by atoms with Crippen molar-refractivity contribution in [3.8, 4) is 0 Å². The van der Waals surface area contributed by atoms with Crippen LogP contribution < -0.4 is 10.9 Å². The fourth-order valence-electron chi connectivity index (χ4n) is 3.30. The number of hydrogen-bond acceptors (Lipinski definition) is 3. The number of fused-ring (bicyclic) bond motifs is 1. The maximum atomic E-state index is 12.4. The van der Waals surface area contributed by atoms with Gasteiger partial charge < -0.3 is 10.3 Å². The molecule has 2 heterocycles. The van der Waals surface area contributed by atoms with Gasteiger partial charge in [-0.05, 0) is 37.8 Å². The van der Waals surface area contributed by atoms with E-state index in [1.807, 2.05) is 6.07 Å². The molecule has 0 radical (unpaired) electrons. The van der Waals surface area contributed by atoms with Crippen LogP contribution in [0.3, 0.4) is 0 Å². The lowest BCUT2D eigenvalue weighted by Gasteiger charge is -2.16. The summed E-state index contributed by atoms with van der Waals surface area (Å²) >= 11 is 0. The first kappa shape index (κ1) is 12.8. The molecule has 1 saturated carbocycles. The largest absolute Gasteiger partial charge is 0.312 e. The number of nitrogens with zero attached hydrogens (tertiary/aromatic N) is 1. The van der Waals surface area contributed by atoms with Gasteiger partial charge in [-0.2, -0.15) is 0 Å². The van der Waals surface area contributed by atoms with Crippen LogP contribution in [0.1, 0.15) is 41.9 Å². The van der Waals surface area contributed by atoms with Crippen molar-refractivity contribution in [3.63, 3.8) is 0 Å². The zero-order valence-electron chi connectivity index (χ0n) is 12.0. The zero-order valence-corrected chi connectivity index (χ0v) is 12.0. The normalized spacial score (nSPS) is 19.6. The monoisotopic (exact) mass is 281 g/mol. The summed E-state index contributed by atoms with van der Waals surface area (Å²) in [7, 11) is 0. The summed E-state index contributed by atoms with van der Waals surface area (Å²) in [6.07, 6.45) is 4.07. The van der Waals surface area contributed by atoms with Gasteiger partial charge in [0.25, 0.3) is 5.56 Å². The Morgan fingerprint density at radius 3 is 2.71 bits per heavy atom. The fraction of sp³-hybridized carbons (Fsp3) is 0.412. The Kier molecular flexibility index (Phi) is 2.93. The summed E-state index contributed by atoms with van der Waals surface area (Å²) in [6.45, 7) is 1.59. The number of aromatic nitrogens is 2. The van der Waals surface area contributed by atoms with E-state index < -0.39 is 0 Å². The number of hydrogen-bond donors (Lipinski definition) is 2. The van der Waals surface area contributed by atoms with Crippen LogP contribution >= 0.6 is 0 Å². The maximum absolute atomic E-state index is 12.4. The second kappa shape index (κ2) is 4.81. The molecule has 1 fully saturated rings. The molecule has 1 aliphatic heterocycles. The molecule has 2 N–H and O–H groups in total. The summed E-state index contributed by atoms with van der Waals surface area (Å²) in [5.41, 5.74) is 3.04. The highest BCUT2D eigenvalue weighted by Gasteiger charge is 2.48. The fourth-order valence-corrected chi connectivity index (χ4v) is 3.30. The molecule has 4 heteroatoms. The summed E-state index contributed by atoms with van der Waals surface area (Å²) in [5.74, 6) is 0.861. The highest BCUT2D eigenvalue weighted by Crippen LogP contribution is 2.51. The van der Waals surface area contributed by atoms with Gasteiger partial charge in [0.2, 0.25) is 0 Å². The number of nitrogens with one attached hydrogen (secondary N) is 2. The Hall–Kier alpha value is -1.94. The lowest BCUT2D eigenvalue weighted by atomic mass is 9.94. The van der Waals surface area contributed by atoms with E-state index >= 15 is 0 Å². The highest BCUT2D eigenvalue weighted by molar-refractivity contribution is 5.40. The molecule has 2 aliphatic rings. The maximum Gasteiger partial charge on any atom is 0.255 e. The van der Waals surface area contributed by atoms with Crippen LogP contribution in [0.5, 0.6) is 0 Å². The molecule has 21 heavy (non-hydrogen) atoms. The van der Waals surface area contributed by atoms with E-state index in [0.29, 0.717) is 6.54 Å². The molecule has 1 aliphatic carbocycles. The van der Waals surface area contributed by atoms with Crippen LogP contribution in [0.25, 0.3) is 0 Å². The van der Waals surface area contributed by atoms with Gasteiger partial charge >= 0.3 is 0 Å². The molecule has 0 amide bonds. The van der Waals surface area contributed by atoms with Gasteiger partial charge in [-0.3, -0.25) is 4.79 Å². The average Bonchev–Trinajstić information content (AvgIpc) is 3.33. The van der Waals surface area contributed by atoms with Crippen LogP contribution in [-0.4, -0.2) is 16.5 Å². The van der Waals surface area contributed by atoms with Gasteiger partial charge in [0, 0.05) is 6.54 Å². The van der Waals surface area contributed by atoms with Crippen molar-refractivity contribution in [2.45, 2.75) is 37.6 Å². The molecule has 1 aromatic heterocycles. The predicted molar refractivity (Wildman–Crippen MR) is 81.3 cm³/mol. The summed E-state index contributed by atoms with van der Waals surface area (Å²) in [6, 6.07) is 10.4. The van der Waals surface area contributed by atoms with E-state index in [-0.39, 0.29) is 11.0 Å². The lowest BCUT2D eigenvalue weighted by molar-refractivity contribution is 0.678. The molecule has 1 aromatic carbocycles. The number of aromatic amines is 1. The minimum absolute atomic E-state index is 0.0339. The van der Waals surface area contributed by atoms with Crippen LogP contribution in [0.4, 0.5) is 0 Å². The molecule has 0 bridgehead atoms. The summed E-state index contributed by atoms with van der Waals surface area (Å²) in [5, 5.41) is 3.29. The topological polar surface area (TPSA) is 57.8 Å². The van der Waals surface area contributed by atoms with Crippen molar-refractivity contribution in [1.82, 2.24) is 15.3 Å². The third-order valence-electron chi connectivity index (χ3n) is 4.70. The Labute approximate surface area is 123 Å². The number of H-pyrrole nitrogens is 1. The SMILES string of the molecule is O=c1[nH]c(C2(c3ccccc3)CC2)nc2c1CNCCC2. The van der Waals surface area contributed by atoms with E-state index in [2.05, 4.69) is 34.6 Å². The quantitative estimate of drug-likeness (QED) is 0.883. The van der Waals surface area contributed by atoms with Crippen molar-refractivity contribution < 1.29 is 0 Å². The molecule has 2 aromatic rings. The zero-order chi connectivity index (χ0) is 14.3. The standard InChI is InChI=1S/C17H19N3O/c21-15-13-11-18-10-4-7-14(13)19-16(20-15)17(8-9-17)12-5-2-1-3-6-12/h1-3,5-6,18H,4,7-11H2,(H,19,20,21). The third kappa shape index (κ3) is 2.10. The molecular weight excluding hydrogens is 262 g/mol. The first-order valence-electron chi connectivity index (χ1n) is 7.68. The van der Waals surface area contributed by atoms with E-state index in [1.54, 1.807) is 0 Å². The molecule has 0 saturated heterocycles. The number of rotatable bonds is 2. The van der Waals surface area contributed by atoms with Crippen LogP contribution in [0, 0.1) is 0 Å². The predicted octanol–water partition coefficient (Wildman–Crippen LogP) is 1.89. The molecule has 0 atom stereocenters. The minimum Gasteiger partial charge on any atom is -0.312 e. The Balaban J connectivity index is 1.82. The van der Waals surface area contributed by atoms with Crippen molar-refractivity contribution in [1.29, 1.82) is 0 Å². The Bertz CT molecular complexity index is 717. The van der Waals surface area contributed by atoms with Crippen LogP contribution in [-0.2, 0) is 18.4 Å². The van der Waals surface area contributed by atoms with Gasteiger partial charge in [-0.25, -0.2) is 4.98 Å². The van der Waals surface area contributed by atoms with Crippen molar-refractivity contribution in [3.05, 3.63) is 63.3 Å². The van der Waals surface area contributed by atoms with E-state index in [9.17, 15) is 4.79 Å². The second-order valence-electron chi connectivity index (χ2n) is 6.07. The van der Waals surface area contributed by atoms with Gasteiger partial charge in [-0.15, -0.1) is 0 Å². The molecule has 0 spiro atoms. The van der Waals surface area contributed by atoms with E-state index in [4.69, 9.17) is 4.98 Å². The molecule has 108 valence electrons. The highest BCUT2D eigenvalue weighted by atomic mass is 16.1. The average molecular weight is 281 g/mol. The smallest absolute Gasteiger partial charge is 0.255 e. The van der Waals surface area contributed by atoms with Gasteiger partial charge in [-0.1, -0.05) is 30.3 Å². The molecule has 0 unspecified atom stereocenters. The minimum atomic E-state index is -0.0603.